The molecule has 0 bridgehead atoms. The third-order valence-electron chi connectivity index (χ3n) is 4.06. The van der Waals surface area contributed by atoms with E-state index in [-0.39, 0.29) is 12.5 Å². The molecule has 1 fully saturated rings. The Hall–Kier alpha value is -3.03. The van der Waals surface area contributed by atoms with Crippen LogP contribution in [-0.2, 0) is 11.3 Å². The van der Waals surface area contributed by atoms with Gasteiger partial charge in [0.05, 0.1) is 5.52 Å². The number of carbonyl (C=O) groups excluding carboxylic acids is 1. The van der Waals surface area contributed by atoms with Crippen LogP contribution in [0.15, 0.2) is 36.7 Å². The van der Waals surface area contributed by atoms with E-state index >= 15 is 0 Å². The number of benzene rings is 1. The molecular formula is C16H17N7O. The molecule has 1 N–H and O–H groups in total. The molecule has 24 heavy (non-hydrogen) atoms. The number of carbonyl (C=O) groups is 1. The normalized spacial score (nSPS) is 14.2. The highest BCUT2D eigenvalue weighted by Gasteiger charge is 2.15. The number of hydrogen-bond donors (Lipinski definition) is 1. The van der Waals surface area contributed by atoms with Crippen molar-refractivity contribution in [3.8, 4) is 0 Å². The molecule has 0 radical (unpaired) electrons. The zero-order chi connectivity index (χ0) is 16.4. The molecule has 1 aliphatic rings. The molecule has 1 aromatic carbocycles. The summed E-state index contributed by atoms with van der Waals surface area (Å²) in [5.74, 6) is 1.15. The predicted octanol–water partition coefficient (Wildman–Crippen LogP) is 1.46. The molecule has 3 aromatic rings. The quantitative estimate of drug-likeness (QED) is 0.782. The Labute approximate surface area is 138 Å². The highest BCUT2D eigenvalue weighted by atomic mass is 16.2. The third kappa shape index (κ3) is 2.90. The topological polar surface area (TPSA) is 88.8 Å². The minimum absolute atomic E-state index is 0.0869. The Morgan fingerprint density at radius 3 is 2.88 bits per heavy atom. The minimum Gasteiger partial charge on any atom is -0.356 e. The Morgan fingerprint density at radius 2 is 2.00 bits per heavy atom. The molecule has 8 heteroatoms. The molecule has 1 aliphatic heterocycles. The summed E-state index contributed by atoms with van der Waals surface area (Å²) >= 11 is 0. The van der Waals surface area contributed by atoms with E-state index in [0.717, 1.165) is 29.9 Å². The maximum absolute atomic E-state index is 12.3. The summed E-state index contributed by atoms with van der Waals surface area (Å²) in [5, 5.41) is 10.9. The van der Waals surface area contributed by atoms with E-state index in [9.17, 15) is 4.79 Å². The van der Waals surface area contributed by atoms with Crippen molar-refractivity contribution in [1.29, 1.82) is 0 Å². The van der Waals surface area contributed by atoms with Crippen LogP contribution in [0.2, 0.25) is 0 Å². The fourth-order valence-electron chi connectivity index (χ4n) is 2.89. The molecule has 0 atom stereocenters. The van der Waals surface area contributed by atoms with E-state index in [0.29, 0.717) is 5.82 Å². The molecule has 1 amide bonds. The summed E-state index contributed by atoms with van der Waals surface area (Å²) < 4.78 is 1.58. The maximum Gasteiger partial charge on any atom is 0.247 e. The van der Waals surface area contributed by atoms with Crippen molar-refractivity contribution in [2.75, 3.05) is 23.3 Å². The number of anilines is 2. The minimum atomic E-state index is -0.197. The van der Waals surface area contributed by atoms with Crippen LogP contribution in [0, 0.1) is 0 Å². The van der Waals surface area contributed by atoms with E-state index in [2.05, 4.69) is 30.5 Å². The monoisotopic (exact) mass is 323 g/mol. The van der Waals surface area contributed by atoms with Crippen LogP contribution in [0.4, 0.5) is 11.6 Å². The van der Waals surface area contributed by atoms with Crippen LogP contribution in [0.1, 0.15) is 12.8 Å². The second-order valence-electron chi connectivity index (χ2n) is 5.74. The van der Waals surface area contributed by atoms with Gasteiger partial charge in [-0.15, -0.1) is 5.10 Å². The summed E-state index contributed by atoms with van der Waals surface area (Å²) in [7, 11) is 0. The molecule has 1 saturated heterocycles. The van der Waals surface area contributed by atoms with Crippen molar-refractivity contribution in [3.63, 3.8) is 0 Å². The highest BCUT2D eigenvalue weighted by molar-refractivity contribution is 5.90. The predicted molar refractivity (Wildman–Crippen MR) is 89.6 cm³/mol. The van der Waals surface area contributed by atoms with Gasteiger partial charge in [-0.2, -0.15) is 0 Å². The van der Waals surface area contributed by atoms with Crippen molar-refractivity contribution in [2.24, 2.45) is 0 Å². The van der Waals surface area contributed by atoms with E-state index < -0.39 is 0 Å². The van der Waals surface area contributed by atoms with Gasteiger partial charge in [0.1, 0.15) is 30.0 Å². The van der Waals surface area contributed by atoms with Gasteiger partial charge >= 0.3 is 0 Å². The molecule has 0 saturated carbocycles. The second kappa shape index (κ2) is 6.23. The van der Waals surface area contributed by atoms with Crippen LogP contribution in [0.25, 0.3) is 11.0 Å². The van der Waals surface area contributed by atoms with Crippen LogP contribution in [0.3, 0.4) is 0 Å². The molecule has 8 nitrogen and oxygen atoms in total. The van der Waals surface area contributed by atoms with Gasteiger partial charge in [-0.05, 0) is 25.0 Å². The van der Waals surface area contributed by atoms with Gasteiger partial charge in [0.2, 0.25) is 5.91 Å². The number of hydrogen-bond acceptors (Lipinski definition) is 6. The largest absolute Gasteiger partial charge is 0.356 e. The van der Waals surface area contributed by atoms with E-state index in [4.69, 9.17) is 0 Å². The molecular weight excluding hydrogens is 306 g/mol. The van der Waals surface area contributed by atoms with Crippen molar-refractivity contribution in [1.82, 2.24) is 25.0 Å². The summed E-state index contributed by atoms with van der Waals surface area (Å²) in [6, 6.07) is 9.35. The smallest absolute Gasteiger partial charge is 0.247 e. The summed E-state index contributed by atoms with van der Waals surface area (Å²) in [5.41, 5.74) is 1.59. The first kappa shape index (κ1) is 14.6. The molecule has 4 rings (SSSR count). The van der Waals surface area contributed by atoms with E-state index in [1.54, 1.807) is 4.68 Å². The number of para-hydroxylation sites is 1. The van der Waals surface area contributed by atoms with Crippen LogP contribution >= 0.6 is 0 Å². The highest BCUT2D eigenvalue weighted by Crippen LogP contribution is 2.19. The Morgan fingerprint density at radius 1 is 1.17 bits per heavy atom. The average Bonchev–Trinajstić information content (AvgIpc) is 3.26. The van der Waals surface area contributed by atoms with Gasteiger partial charge in [-0.3, -0.25) is 4.79 Å². The van der Waals surface area contributed by atoms with Crippen molar-refractivity contribution in [3.05, 3.63) is 36.7 Å². The standard InChI is InChI=1S/C16H17N7O/c24-16(10-23-13-6-2-1-5-12(13)20-21-23)19-14-9-15(18-11-17-14)22-7-3-4-8-22/h1-2,5-6,9,11H,3-4,7-8,10H2,(H,17,18,19,24). The van der Waals surface area contributed by atoms with Gasteiger partial charge in [-0.1, -0.05) is 17.3 Å². The lowest BCUT2D eigenvalue weighted by molar-refractivity contribution is -0.116. The molecule has 2 aromatic heterocycles. The van der Waals surface area contributed by atoms with E-state index in [1.165, 1.54) is 19.2 Å². The van der Waals surface area contributed by atoms with E-state index in [1.807, 2.05) is 30.3 Å². The molecule has 0 aliphatic carbocycles. The Kier molecular flexibility index (Phi) is 3.78. The number of aromatic nitrogens is 5. The first-order valence-corrected chi connectivity index (χ1v) is 7.95. The van der Waals surface area contributed by atoms with Crippen LogP contribution in [0.5, 0.6) is 0 Å². The van der Waals surface area contributed by atoms with Crippen LogP contribution < -0.4 is 10.2 Å². The summed E-state index contributed by atoms with van der Waals surface area (Å²) in [4.78, 5) is 22.9. The lowest BCUT2D eigenvalue weighted by atomic mass is 10.3. The average molecular weight is 323 g/mol. The lowest BCUT2D eigenvalue weighted by Gasteiger charge is -2.16. The van der Waals surface area contributed by atoms with Crippen molar-refractivity contribution in [2.45, 2.75) is 19.4 Å². The number of rotatable bonds is 4. The first-order chi connectivity index (χ1) is 11.8. The first-order valence-electron chi connectivity index (χ1n) is 7.95. The van der Waals surface area contributed by atoms with Gasteiger partial charge in [0.25, 0.3) is 0 Å². The van der Waals surface area contributed by atoms with Gasteiger partial charge in [-0.25, -0.2) is 14.6 Å². The molecule has 122 valence electrons. The third-order valence-corrected chi connectivity index (χ3v) is 4.06. The van der Waals surface area contributed by atoms with Crippen molar-refractivity contribution >= 4 is 28.6 Å². The fraction of sp³-hybridized carbons (Fsp3) is 0.312. The zero-order valence-electron chi connectivity index (χ0n) is 13.1. The SMILES string of the molecule is O=C(Cn1nnc2ccccc21)Nc1cc(N2CCCC2)ncn1. The van der Waals surface area contributed by atoms with Gasteiger partial charge in [0, 0.05) is 19.2 Å². The van der Waals surface area contributed by atoms with Gasteiger partial charge < -0.3 is 10.2 Å². The maximum atomic E-state index is 12.3. The van der Waals surface area contributed by atoms with Gasteiger partial charge in [0.15, 0.2) is 0 Å². The number of amides is 1. The number of nitrogens with one attached hydrogen (secondary N) is 1. The second-order valence-corrected chi connectivity index (χ2v) is 5.74. The summed E-state index contributed by atoms with van der Waals surface area (Å²) in [6.07, 6.45) is 3.82. The van der Waals surface area contributed by atoms with Crippen LogP contribution in [-0.4, -0.2) is 44.0 Å². The number of nitrogens with zero attached hydrogens (tertiary/aromatic N) is 6. The zero-order valence-corrected chi connectivity index (χ0v) is 13.1. The molecule has 0 unspecified atom stereocenters. The lowest BCUT2D eigenvalue weighted by Crippen LogP contribution is -2.22. The summed E-state index contributed by atoms with van der Waals surface area (Å²) in [6.45, 7) is 2.08. The molecule has 0 spiro atoms. The molecule has 3 heterocycles. The van der Waals surface area contributed by atoms with Crippen molar-refractivity contribution < 1.29 is 4.79 Å². The number of fused-ring (bicyclic) bond motifs is 1. The Balaban J connectivity index is 1.47. The fourth-order valence-corrected chi connectivity index (χ4v) is 2.89. The Bertz CT molecular complexity index is 869.